The first-order chi connectivity index (χ1) is 16.4. The zero-order chi connectivity index (χ0) is 25.3. The molecule has 0 saturated carbocycles. The number of unbranched alkanes of at least 4 members (excludes halogenated alkanes) is 18. The van der Waals surface area contributed by atoms with Crippen molar-refractivity contribution in [1.29, 1.82) is 0 Å². The van der Waals surface area contributed by atoms with Gasteiger partial charge in [-0.1, -0.05) is 122 Å². The second kappa shape index (κ2) is 23.6. The maximum absolute atomic E-state index is 11.9. The van der Waals surface area contributed by atoms with Crippen LogP contribution in [-0.4, -0.2) is 50.1 Å². The van der Waals surface area contributed by atoms with E-state index in [1.54, 1.807) is 0 Å². The van der Waals surface area contributed by atoms with Gasteiger partial charge in [-0.25, -0.2) is 0 Å². The summed E-state index contributed by atoms with van der Waals surface area (Å²) in [5.74, 6) is -0.907. The highest BCUT2D eigenvalue weighted by molar-refractivity contribution is 5.75. The van der Waals surface area contributed by atoms with Gasteiger partial charge >= 0.3 is 0 Å². The molecule has 1 amide bonds. The van der Waals surface area contributed by atoms with E-state index in [0.29, 0.717) is 24.0 Å². The number of nitrogens with zero attached hydrogens (tertiary/aromatic N) is 1. The summed E-state index contributed by atoms with van der Waals surface area (Å²) < 4.78 is 0.386. The fourth-order valence-corrected chi connectivity index (χ4v) is 4.62. The smallest absolute Gasteiger partial charge is 0.219 e. The van der Waals surface area contributed by atoms with E-state index in [2.05, 4.69) is 12.2 Å². The zero-order valence-corrected chi connectivity index (χ0v) is 23.1. The highest BCUT2D eigenvalue weighted by Gasteiger charge is 2.14. The van der Waals surface area contributed by atoms with Crippen LogP contribution in [0, 0.1) is 0 Å². The third-order valence-corrected chi connectivity index (χ3v) is 6.83. The number of amides is 1. The number of carbonyl (C=O) groups is 2. The van der Waals surface area contributed by atoms with E-state index in [9.17, 15) is 14.7 Å². The van der Waals surface area contributed by atoms with Crippen molar-refractivity contribution in [2.24, 2.45) is 0 Å². The van der Waals surface area contributed by atoms with Crippen molar-refractivity contribution < 1.29 is 19.2 Å². The first-order valence-electron chi connectivity index (χ1n) is 14.7. The van der Waals surface area contributed by atoms with Gasteiger partial charge in [0.1, 0.15) is 6.54 Å². The maximum Gasteiger partial charge on any atom is 0.219 e. The Bertz CT molecular complexity index is 480. The number of hydrogen-bond acceptors (Lipinski definition) is 3. The molecule has 0 spiro atoms. The Morgan fingerprint density at radius 2 is 1.00 bits per heavy atom. The Kier molecular flexibility index (Phi) is 22.9. The van der Waals surface area contributed by atoms with Crippen molar-refractivity contribution in [3.05, 3.63) is 0 Å². The molecule has 0 saturated heterocycles. The molecule has 0 radical (unpaired) electrons. The molecule has 0 aromatic carbocycles. The Morgan fingerprint density at radius 3 is 1.38 bits per heavy atom. The van der Waals surface area contributed by atoms with E-state index in [4.69, 9.17) is 0 Å². The van der Waals surface area contributed by atoms with Crippen molar-refractivity contribution >= 4 is 11.9 Å². The molecule has 1 N–H and O–H groups in total. The molecule has 0 aliphatic carbocycles. The minimum atomic E-state index is -1.03. The van der Waals surface area contributed by atoms with Gasteiger partial charge in [-0.15, -0.1) is 0 Å². The molecule has 0 heterocycles. The molecule has 0 fully saturated rings. The second-order valence-electron chi connectivity index (χ2n) is 11.0. The average molecular weight is 483 g/mol. The number of aliphatic carboxylic acids is 1. The fraction of sp³-hybridized carbons (Fsp3) is 0.931. The summed E-state index contributed by atoms with van der Waals surface area (Å²) in [6.07, 6.45) is 27.2. The summed E-state index contributed by atoms with van der Waals surface area (Å²) in [5, 5.41) is 13.7. The Hall–Kier alpha value is -1.10. The maximum atomic E-state index is 11.9. The topological polar surface area (TPSA) is 69.2 Å². The van der Waals surface area contributed by atoms with Gasteiger partial charge in [-0.3, -0.25) is 4.79 Å². The first kappa shape index (κ1) is 32.9. The molecule has 202 valence electrons. The molecule has 34 heavy (non-hydrogen) atoms. The number of quaternary nitrogens is 1. The lowest BCUT2D eigenvalue weighted by Crippen LogP contribution is -2.49. The van der Waals surface area contributed by atoms with E-state index < -0.39 is 5.97 Å². The molecule has 0 atom stereocenters. The molecule has 0 aliphatic rings. The molecule has 0 aromatic heterocycles. The quantitative estimate of drug-likeness (QED) is 0.119. The highest BCUT2D eigenvalue weighted by Crippen LogP contribution is 2.14. The number of rotatable bonds is 26. The second-order valence-corrected chi connectivity index (χ2v) is 11.0. The molecule has 5 heteroatoms. The van der Waals surface area contributed by atoms with Crippen LogP contribution in [0.25, 0.3) is 0 Å². The minimum Gasteiger partial charge on any atom is -0.544 e. The van der Waals surface area contributed by atoms with Gasteiger partial charge in [0.15, 0.2) is 0 Å². The van der Waals surface area contributed by atoms with Crippen molar-refractivity contribution in [3.8, 4) is 0 Å². The molecule has 0 bridgehead atoms. The van der Waals surface area contributed by atoms with E-state index >= 15 is 0 Å². The molecular weight excluding hydrogens is 424 g/mol. The third-order valence-electron chi connectivity index (χ3n) is 6.83. The third kappa shape index (κ3) is 25.5. The molecule has 0 rings (SSSR count). The normalized spacial score (nSPS) is 11.6. The van der Waals surface area contributed by atoms with Crippen LogP contribution in [0.1, 0.15) is 142 Å². The summed E-state index contributed by atoms with van der Waals surface area (Å²) in [6, 6.07) is 0. The van der Waals surface area contributed by atoms with Crippen molar-refractivity contribution in [2.75, 3.05) is 33.7 Å². The monoisotopic (exact) mass is 482 g/mol. The lowest BCUT2D eigenvalue weighted by Gasteiger charge is -2.30. The lowest BCUT2D eigenvalue weighted by molar-refractivity contribution is -0.884. The van der Waals surface area contributed by atoms with Gasteiger partial charge in [0, 0.05) is 19.4 Å². The van der Waals surface area contributed by atoms with E-state index in [1.165, 1.54) is 109 Å². The van der Waals surface area contributed by atoms with Gasteiger partial charge in [0.25, 0.3) is 0 Å². The Morgan fingerprint density at radius 1 is 0.618 bits per heavy atom. The van der Waals surface area contributed by atoms with Crippen LogP contribution in [0.3, 0.4) is 0 Å². The Labute approximate surface area is 212 Å². The molecule has 0 aromatic rings. The van der Waals surface area contributed by atoms with Crippen LogP contribution in [-0.2, 0) is 9.59 Å². The molecular formula is C29H58N2O3. The number of carboxylic acid groups (broad SMARTS) is 1. The standard InChI is InChI=1S/C29H58N2O3/c1-4-5-6-7-8-9-10-11-12-13-14-15-16-17-18-19-20-21-22-24-28(32)30-25-23-26-31(2,3)27-29(33)34/h4-27H2,1-3H3,(H-,30,32,33,34). The summed E-state index contributed by atoms with van der Waals surface area (Å²) >= 11 is 0. The van der Waals surface area contributed by atoms with Crippen LogP contribution in [0.15, 0.2) is 0 Å². The van der Waals surface area contributed by atoms with Gasteiger partial charge in [-0.05, 0) is 6.42 Å². The summed E-state index contributed by atoms with van der Waals surface area (Å²) in [4.78, 5) is 22.6. The van der Waals surface area contributed by atoms with Gasteiger partial charge in [-0.2, -0.15) is 0 Å². The van der Waals surface area contributed by atoms with Gasteiger partial charge < -0.3 is 19.7 Å². The van der Waals surface area contributed by atoms with Crippen molar-refractivity contribution in [3.63, 3.8) is 0 Å². The minimum absolute atomic E-state index is 0.00725. The SMILES string of the molecule is CCCCCCCCCCCCCCCCCCCCCC(=O)NCCC[N+](C)(C)CC(=O)[O-]. The molecule has 0 unspecified atom stereocenters. The Balaban J connectivity index is 3.26. The van der Waals surface area contributed by atoms with Gasteiger partial charge in [0.2, 0.25) is 5.91 Å². The zero-order valence-electron chi connectivity index (χ0n) is 23.1. The number of carboxylic acids is 1. The largest absolute Gasteiger partial charge is 0.544 e. The number of hydrogen-bond donors (Lipinski definition) is 1. The van der Waals surface area contributed by atoms with E-state index in [0.717, 1.165) is 19.3 Å². The summed E-state index contributed by atoms with van der Waals surface area (Å²) in [6.45, 7) is 3.62. The summed E-state index contributed by atoms with van der Waals surface area (Å²) in [5.41, 5.74) is 0. The van der Waals surface area contributed by atoms with E-state index in [-0.39, 0.29) is 12.5 Å². The van der Waals surface area contributed by atoms with Crippen molar-refractivity contribution in [2.45, 2.75) is 142 Å². The predicted molar refractivity (Wildman–Crippen MR) is 142 cm³/mol. The molecule has 0 aliphatic heterocycles. The average Bonchev–Trinajstić information content (AvgIpc) is 2.77. The van der Waals surface area contributed by atoms with Crippen LogP contribution in [0.5, 0.6) is 0 Å². The van der Waals surface area contributed by atoms with Gasteiger partial charge in [0.05, 0.1) is 26.6 Å². The van der Waals surface area contributed by atoms with Crippen LogP contribution in [0.2, 0.25) is 0 Å². The van der Waals surface area contributed by atoms with E-state index in [1.807, 2.05) is 14.1 Å². The highest BCUT2D eigenvalue weighted by atomic mass is 16.4. The van der Waals surface area contributed by atoms with Crippen molar-refractivity contribution in [1.82, 2.24) is 5.32 Å². The number of carbonyl (C=O) groups excluding carboxylic acids is 2. The fourth-order valence-electron chi connectivity index (χ4n) is 4.62. The predicted octanol–water partition coefficient (Wildman–Crippen LogP) is 6.14. The van der Waals surface area contributed by atoms with Crippen LogP contribution >= 0.6 is 0 Å². The number of nitrogens with one attached hydrogen (secondary N) is 1. The van der Waals surface area contributed by atoms with Crippen LogP contribution < -0.4 is 10.4 Å². The molecule has 5 nitrogen and oxygen atoms in total. The summed E-state index contributed by atoms with van der Waals surface area (Å²) in [7, 11) is 3.74. The van der Waals surface area contributed by atoms with Crippen LogP contribution in [0.4, 0.5) is 0 Å². The lowest BCUT2D eigenvalue weighted by atomic mass is 10.0. The first-order valence-corrected chi connectivity index (χ1v) is 14.7. The number of likely N-dealkylation sites (N-methyl/N-ethyl adjacent to an activating group) is 1.